The Morgan fingerprint density at radius 3 is 2.30 bits per heavy atom. The van der Waals surface area contributed by atoms with Crippen LogP contribution in [0.2, 0.25) is 0 Å². The number of benzene rings is 1. The number of rotatable bonds is 2. The molecule has 2 aromatic heterocycles. The van der Waals surface area contributed by atoms with Crippen LogP contribution in [0.4, 0.5) is 5.69 Å². The molecule has 1 aromatic carbocycles. The van der Waals surface area contributed by atoms with Gasteiger partial charge in [-0.05, 0) is 57.0 Å². The number of aryl methyl sites for hydroxylation is 5. The van der Waals surface area contributed by atoms with Crippen LogP contribution in [0.1, 0.15) is 32.9 Å². The van der Waals surface area contributed by atoms with Gasteiger partial charge in [0.2, 0.25) is 0 Å². The van der Waals surface area contributed by atoms with Gasteiger partial charge in [-0.3, -0.25) is 9.48 Å². The van der Waals surface area contributed by atoms with Crippen LogP contribution in [0, 0.1) is 27.7 Å². The van der Waals surface area contributed by atoms with Crippen molar-refractivity contribution >= 4 is 22.6 Å². The van der Waals surface area contributed by atoms with Crippen molar-refractivity contribution in [1.82, 2.24) is 14.8 Å². The molecule has 0 radical (unpaired) electrons. The van der Waals surface area contributed by atoms with Crippen LogP contribution in [0.5, 0.6) is 0 Å². The Bertz CT molecular complexity index is 904. The van der Waals surface area contributed by atoms with E-state index < -0.39 is 0 Å². The second kappa shape index (κ2) is 5.50. The molecule has 3 aromatic rings. The summed E-state index contributed by atoms with van der Waals surface area (Å²) in [5, 5.41) is 8.23. The first kappa shape index (κ1) is 15.2. The van der Waals surface area contributed by atoms with E-state index in [4.69, 9.17) is 0 Å². The molecule has 118 valence electrons. The van der Waals surface area contributed by atoms with Gasteiger partial charge in [-0.25, -0.2) is 4.98 Å². The van der Waals surface area contributed by atoms with E-state index in [1.807, 2.05) is 52.9 Å². The first-order valence-corrected chi connectivity index (χ1v) is 7.56. The summed E-state index contributed by atoms with van der Waals surface area (Å²) >= 11 is 0. The Morgan fingerprint density at radius 1 is 1.00 bits per heavy atom. The molecule has 3 rings (SSSR count). The number of fused-ring (bicyclic) bond motifs is 1. The highest BCUT2D eigenvalue weighted by atomic mass is 16.1. The summed E-state index contributed by atoms with van der Waals surface area (Å²) in [5.41, 5.74) is 5.98. The minimum absolute atomic E-state index is 0.148. The molecule has 0 unspecified atom stereocenters. The molecule has 5 heteroatoms. The predicted octanol–water partition coefficient (Wildman–Crippen LogP) is 3.45. The van der Waals surface area contributed by atoms with E-state index in [1.165, 1.54) is 0 Å². The Kier molecular flexibility index (Phi) is 3.64. The van der Waals surface area contributed by atoms with Crippen molar-refractivity contribution in [3.8, 4) is 0 Å². The van der Waals surface area contributed by atoms with Gasteiger partial charge < -0.3 is 5.32 Å². The van der Waals surface area contributed by atoms with E-state index >= 15 is 0 Å². The highest BCUT2D eigenvalue weighted by Gasteiger charge is 2.15. The maximum Gasteiger partial charge on any atom is 0.257 e. The zero-order valence-electron chi connectivity index (χ0n) is 14.1. The van der Waals surface area contributed by atoms with Crippen molar-refractivity contribution in [2.45, 2.75) is 27.7 Å². The normalized spacial score (nSPS) is 11.0. The van der Waals surface area contributed by atoms with Crippen LogP contribution in [0.15, 0.2) is 24.3 Å². The second-order valence-electron chi connectivity index (χ2n) is 6.03. The number of carbonyl (C=O) groups is 1. The molecule has 1 N–H and O–H groups in total. The lowest BCUT2D eigenvalue weighted by Crippen LogP contribution is -2.14. The number of carbonyl (C=O) groups excluding carboxylic acids is 1. The van der Waals surface area contributed by atoms with E-state index in [0.717, 1.165) is 33.5 Å². The van der Waals surface area contributed by atoms with Gasteiger partial charge >= 0.3 is 0 Å². The SMILES string of the molecule is Cc1cc(C)cc(NC(=O)c2cc3c(C)nn(C)c3nc2C)c1. The van der Waals surface area contributed by atoms with Crippen LogP contribution in [0.25, 0.3) is 11.0 Å². The number of nitrogens with zero attached hydrogens (tertiary/aromatic N) is 3. The number of pyridine rings is 1. The lowest BCUT2D eigenvalue weighted by molar-refractivity contribution is 0.102. The van der Waals surface area contributed by atoms with Crippen LogP contribution >= 0.6 is 0 Å². The monoisotopic (exact) mass is 308 g/mol. The topological polar surface area (TPSA) is 59.8 Å². The fourth-order valence-electron chi connectivity index (χ4n) is 2.91. The molecule has 0 saturated heterocycles. The van der Waals surface area contributed by atoms with Gasteiger partial charge in [-0.15, -0.1) is 0 Å². The number of nitrogens with one attached hydrogen (secondary N) is 1. The summed E-state index contributed by atoms with van der Waals surface area (Å²) in [6, 6.07) is 7.87. The van der Waals surface area contributed by atoms with Gasteiger partial charge in [0, 0.05) is 18.1 Å². The van der Waals surface area contributed by atoms with E-state index in [2.05, 4.69) is 21.5 Å². The third-order valence-corrected chi connectivity index (χ3v) is 3.91. The van der Waals surface area contributed by atoms with E-state index in [9.17, 15) is 4.79 Å². The van der Waals surface area contributed by atoms with Crippen LogP contribution < -0.4 is 5.32 Å². The fourth-order valence-corrected chi connectivity index (χ4v) is 2.91. The number of anilines is 1. The number of hydrogen-bond acceptors (Lipinski definition) is 3. The van der Waals surface area contributed by atoms with Crippen LogP contribution in [-0.4, -0.2) is 20.7 Å². The molecule has 0 aliphatic heterocycles. The van der Waals surface area contributed by atoms with Gasteiger partial charge in [0.05, 0.1) is 17.0 Å². The quantitative estimate of drug-likeness (QED) is 0.788. The Labute approximate surface area is 135 Å². The standard InChI is InChI=1S/C18H20N4O/c1-10-6-11(2)8-14(7-10)20-18(23)16-9-15-13(4)21-22(5)17(15)19-12(16)3/h6-9H,1-5H3,(H,20,23). The van der Waals surface area contributed by atoms with E-state index in [1.54, 1.807) is 4.68 Å². The number of amides is 1. The van der Waals surface area contributed by atoms with Gasteiger partial charge in [-0.1, -0.05) is 6.07 Å². The molecule has 0 fully saturated rings. The zero-order chi connectivity index (χ0) is 16.7. The molecule has 23 heavy (non-hydrogen) atoms. The van der Waals surface area contributed by atoms with Crippen molar-refractivity contribution < 1.29 is 4.79 Å². The summed E-state index contributed by atoms with van der Waals surface area (Å²) in [6.07, 6.45) is 0. The fraction of sp³-hybridized carbons (Fsp3) is 0.278. The molecular weight excluding hydrogens is 288 g/mol. The Balaban J connectivity index is 2.00. The van der Waals surface area contributed by atoms with Gasteiger partial charge in [0.1, 0.15) is 0 Å². The third-order valence-electron chi connectivity index (χ3n) is 3.91. The molecular formula is C18H20N4O. The minimum Gasteiger partial charge on any atom is -0.322 e. The molecule has 0 bridgehead atoms. The second-order valence-corrected chi connectivity index (χ2v) is 6.03. The molecule has 0 saturated carbocycles. The Hall–Kier alpha value is -2.69. The van der Waals surface area contributed by atoms with Gasteiger partial charge in [0.15, 0.2) is 5.65 Å². The summed E-state index contributed by atoms with van der Waals surface area (Å²) in [6.45, 7) is 7.80. The summed E-state index contributed by atoms with van der Waals surface area (Å²) < 4.78 is 1.74. The summed E-state index contributed by atoms with van der Waals surface area (Å²) in [4.78, 5) is 17.2. The van der Waals surface area contributed by atoms with Crippen molar-refractivity contribution in [3.05, 3.63) is 52.3 Å². The minimum atomic E-state index is -0.148. The van der Waals surface area contributed by atoms with E-state index in [-0.39, 0.29) is 5.91 Å². The van der Waals surface area contributed by atoms with Crippen molar-refractivity contribution in [2.75, 3.05) is 5.32 Å². The zero-order valence-corrected chi connectivity index (χ0v) is 14.1. The van der Waals surface area contributed by atoms with Gasteiger partial charge in [0.25, 0.3) is 5.91 Å². The largest absolute Gasteiger partial charge is 0.322 e. The number of hydrogen-bond donors (Lipinski definition) is 1. The van der Waals surface area contributed by atoms with E-state index in [0.29, 0.717) is 11.3 Å². The smallest absolute Gasteiger partial charge is 0.257 e. The molecule has 2 heterocycles. The predicted molar refractivity (Wildman–Crippen MR) is 91.9 cm³/mol. The van der Waals surface area contributed by atoms with Crippen LogP contribution in [-0.2, 0) is 7.05 Å². The molecule has 1 amide bonds. The summed E-state index contributed by atoms with van der Waals surface area (Å²) in [7, 11) is 1.86. The average molecular weight is 308 g/mol. The van der Waals surface area contributed by atoms with Crippen molar-refractivity contribution in [2.24, 2.45) is 7.05 Å². The van der Waals surface area contributed by atoms with Crippen LogP contribution in [0.3, 0.4) is 0 Å². The maximum atomic E-state index is 12.6. The Morgan fingerprint density at radius 2 is 1.65 bits per heavy atom. The molecule has 5 nitrogen and oxygen atoms in total. The summed E-state index contributed by atoms with van der Waals surface area (Å²) in [5.74, 6) is -0.148. The average Bonchev–Trinajstić information content (AvgIpc) is 2.71. The molecule has 0 atom stereocenters. The van der Waals surface area contributed by atoms with Crippen molar-refractivity contribution in [3.63, 3.8) is 0 Å². The first-order chi connectivity index (χ1) is 10.8. The lowest BCUT2D eigenvalue weighted by atomic mass is 10.1. The number of aromatic nitrogens is 3. The molecule has 0 aliphatic rings. The molecule has 0 spiro atoms. The van der Waals surface area contributed by atoms with Crippen molar-refractivity contribution in [1.29, 1.82) is 0 Å². The molecule has 0 aliphatic carbocycles. The first-order valence-electron chi connectivity index (χ1n) is 7.56. The lowest BCUT2D eigenvalue weighted by Gasteiger charge is -2.09. The highest BCUT2D eigenvalue weighted by Crippen LogP contribution is 2.21. The highest BCUT2D eigenvalue weighted by molar-refractivity contribution is 6.06. The maximum absolute atomic E-state index is 12.6. The van der Waals surface area contributed by atoms with Gasteiger partial charge in [-0.2, -0.15) is 5.10 Å². The third kappa shape index (κ3) is 2.82.